The zero-order chi connectivity index (χ0) is 18.4. The number of nitrogens with one attached hydrogen (secondary N) is 1. The van der Waals surface area contributed by atoms with E-state index >= 15 is 0 Å². The molecule has 1 amide bonds. The van der Waals surface area contributed by atoms with Gasteiger partial charge in [-0.25, -0.2) is 0 Å². The van der Waals surface area contributed by atoms with Crippen molar-refractivity contribution in [3.8, 4) is 0 Å². The molecule has 0 aromatic heterocycles. The van der Waals surface area contributed by atoms with E-state index in [1.165, 1.54) is 44.9 Å². The van der Waals surface area contributed by atoms with Gasteiger partial charge in [-0.15, -0.1) is 0 Å². The Balaban J connectivity index is 3.78. The van der Waals surface area contributed by atoms with E-state index < -0.39 is 10.1 Å². The Morgan fingerprint density at radius 2 is 1.46 bits per heavy atom. The van der Waals surface area contributed by atoms with Crippen molar-refractivity contribution >= 4 is 16.0 Å². The van der Waals surface area contributed by atoms with Gasteiger partial charge in [0.25, 0.3) is 10.1 Å². The van der Waals surface area contributed by atoms with Crippen molar-refractivity contribution in [2.24, 2.45) is 5.92 Å². The lowest BCUT2D eigenvalue weighted by molar-refractivity contribution is -0.122. The predicted molar refractivity (Wildman–Crippen MR) is 99.4 cm³/mol. The number of rotatable bonds is 15. The first-order valence-electron chi connectivity index (χ1n) is 9.40. The number of amides is 1. The van der Waals surface area contributed by atoms with Gasteiger partial charge in [0.2, 0.25) is 5.91 Å². The molecule has 0 radical (unpaired) electrons. The summed E-state index contributed by atoms with van der Waals surface area (Å²) in [5, 5.41) is 2.89. The van der Waals surface area contributed by atoms with Crippen LogP contribution >= 0.6 is 0 Å². The van der Waals surface area contributed by atoms with Crippen LogP contribution in [0.2, 0.25) is 0 Å². The smallest absolute Gasteiger partial charge is 0.264 e. The van der Waals surface area contributed by atoms with Gasteiger partial charge in [-0.05, 0) is 12.3 Å². The highest BCUT2D eigenvalue weighted by atomic mass is 32.2. The van der Waals surface area contributed by atoms with Gasteiger partial charge in [-0.2, -0.15) is 8.42 Å². The van der Waals surface area contributed by atoms with Crippen molar-refractivity contribution in [2.45, 2.75) is 91.0 Å². The molecular formula is C18H37NO4S. The fourth-order valence-corrected chi connectivity index (χ4v) is 2.87. The van der Waals surface area contributed by atoms with Gasteiger partial charge in [0, 0.05) is 6.42 Å². The van der Waals surface area contributed by atoms with Crippen LogP contribution in [-0.4, -0.2) is 33.2 Å². The van der Waals surface area contributed by atoms with E-state index in [0.717, 1.165) is 19.1 Å². The molecule has 0 aliphatic heterocycles. The quantitative estimate of drug-likeness (QED) is 0.352. The Morgan fingerprint density at radius 3 is 1.92 bits per heavy atom. The van der Waals surface area contributed by atoms with E-state index in [1.807, 2.05) is 13.8 Å². The first-order chi connectivity index (χ1) is 11.3. The molecule has 0 spiro atoms. The highest BCUT2D eigenvalue weighted by molar-refractivity contribution is 7.85. The summed E-state index contributed by atoms with van der Waals surface area (Å²) < 4.78 is 26.9. The summed E-state index contributed by atoms with van der Waals surface area (Å²) in [6.45, 7) is 6.10. The summed E-state index contributed by atoms with van der Waals surface area (Å²) >= 11 is 0. The molecule has 0 unspecified atom stereocenters. The molecule has 0 saturated carbocycles. The largest absolute Gasteiger partial charge is 0.351 e. The number of carbonyl (C=O) groups excluding carboxylic acids is 1. The number of carbonyl (C=O) groups is 1. The van der Waals surface area contributed by atoms with E-state index in [0.29, 0.717) is 6.42 Å². The lowest BCUT2D eigenvalue weighted by Crippen LogP contribution is -2.42. The SMILES string of the molecule is CCCCCCCCCCCC(=O)N[C@H](COS(C)(=O)=O)C(C)C. The lowest BCUT2D eigenvalue weighted by atomic mass is 10.0. The molecule has 24 heavy (non-hydrogen) atoms. The van der Waals surface area contributed by atoms with Crippen LogP contribution in [0, 0.1) is 5.92 Å². The number of hydrogen-bond acceptors (Lipinski definition) is 4. The van der Waals surface area contributed by atoms with E-state index in [1.54, 1.807) is 0 Å². The molecule has 144 valence electrons. The van der Waals surface area contributed by atoms with Crippen molar-refractivity contribution in [1.29, 1.82) is 0 Å². The highest BCUT2D eigenvalue weighted by Gasteiger charge is 2.18. The van der Waals surface area contributed by atoms with Crippen LogP contribution in [-0.2, 0) is 19.1 Å². The first kappa shape index (κ1) is 23.4. The second kappa shape index (κ2) is 13.6. The van der Waals surface area contributed by atoms with Gasteiger partial charge >= 0.3 is 0 Å². The summed E-state index contributed by atoms with van der Waals surface area (Å²) in [6, 6.07) is -0.272. The minimum atomic E-state index is -3.48. The second-order valence-corrected chi connectivity index (χ2v) is 8.63. The second-order valence-electron chi connectivity index (χ2n) is 6.99. The highest BCUT2D eigenvalue weighted by Crippen LogP contribution is 2.11. The van der Waals surface area contributed by atoms with E-state index in [9.17, 15) is 13.2 Å². The molecule has 0 aliphatic rings. The standard InChI is InChI=1S/C18H37NO4S/c1-5-6-7-8-9-10-11-12-13-14-18(20)19-17(16(2)3)15-23-24(4,21)22/h16-17H,5-15H2,1-4H3,(H,19,20)/t17-/m1/s1. The first-order valence-corrected chi connectivity index (χ1v) is 11.2. The summed E-state index contributed by atoms with van der Waals surface area (Å²) in [6.07, 6.45) is 12.5. The molecule has 0 rings (SSSR count). The van der Waals surface area contributed by atoms with Crippen molar-refractivity contribution in [1.82, 2.24) is 5.32 Å². The summed E-state index contributed by atoms with van der Waals surface area (Å²) in [5.74, 6) is 0.104. The Kier molecular flexibility index (Phi) is 13.3. The molecule has 0 fully saturated rings. The van der Waals surface area contributed by atoms with Gasteiger partial charge in [-0.1, -0.05) is 72.1 Å². The topological polar surface area (TPSA) is 72.5 Å². The normalized spacial score (nSPS) is 13.2. The van der Waals surface area contributed by atoms with E-state index in [2.05, 4.69) is 12.2 Å². The monoisotopic (exact) mass is 363 g/mol. The van der Waals surface area contributed by atoms with E-state index in [4.69, 9.17) is 4.18 Å². The van der Waals surface area contributed by atoms with Crippen LogP contribution in [0.3, 0.4) is 0 Å². The Labute approximate surface area is 149 Å². The Hall–Kier alpha value is -0.620. The van der Waals surface area contributed by atoms with Crippen LogP contribution in [0.1, 0.15) is 85.0 Å². The minimum Gasteiger partial charge on any atom is -0.351 e. The van der Waals surface area contributed by atoms with Crippen LogP contribution in [0.5, 0.6) is 0 Å². The van der Waals surface area contributed by atoms with Crippen molar-refractivity contribution in [3.63, 3.8) is 0 Å². The zero-order valence-corrected chi connectivity index (χ0v) is 16.8. The molecular weight excluding hydrogens is 326 g/mol. The van der Waals surface area contributed by atoms with Gasteiger partial charge in [-0.3, -0.25) is 8.98 Å². The van der Waals surface area contributed by atoms with Gasteiger partial charge in [0.15, 0.2) is 0 Å². The number of unbranched alkanes of at least 4 members (excludes halogenated alkanes) is 8. The van der Waals surface area contributed by atoms with E-state index in [-0.39, 0.29) is 24.5 Å². The summed E-state index contributed by atoms with van der Waals surface area (Å²) in [4.78, 5) is 12.0. The maximum absolute atomic E-state index is 12.0. The minimum absolute atomic E-state index is 0.000000000000000222. The fraction of sp³-hybridized carbons (Fsp3) is 0.944. The Morgan fingerprint density at radius 1 is 0.958 bits per heavy atom. The average molecular weight is 364 g/mol. The molecule has 0 heterocycles. The van der Waals surface area contributed by atoms with Crippen molar-refractivity contribution < 1.29 is 17.4 Å². The lowest BCUT2D eigenvalue weighted by Gasteiger charge is -2.21. The molecule has 0 aliphatic carbocycles. The maximum atomic E-state index is 12.0. The Bertz CT molecular complexity index is 421. The maximum Gasteiger partial charge on any atom is 0.264 e. The van der Waals surface area contributed by atoms with Crippen LogP contribution in [0.25, 0.3) is 0 Å². The zero-order valence-electron chi connectivity index (χ0n) is 16.0. The average Bonchev–Trinajstić information content (AvgIpc) is 2.48. The molecule has 6 heteroatoms. The number of hydrogen-bond donors (Lipinski definition) is 1. The van der Waals surface area contributed by atoms with Crippen LogP contribution < -0.4 is 5.32 Å². The molecule has 1 N–H and O–H groups in total. The molecule has 5 nitrogen and oxygen atoms in total. The summed E-state index contributed by atoms with van der Waals surface area (Å²) in [5.41, 5.74) is 0. The van der Waals surface area contributed by atoms with Gasteiger partial charge < -0.3 is 5.32 Å². The third kappa shape index (κ3) is 14.9. The van der Waals surface area contributed by atoms with Crippen LogP contribution in [0.4, 0.5) is 0 Å². The molecule has 0 aromatic carbocycles. The van der Waals surface area contributed by atoms with Gasteiger partial charge in [0.1, 0.15) is 0 Å². The predicted octanol–water partition coefficient (Wildman–Crippen LogP) is 4.02. The fourth-order valence-electron chi connectivity index (χ4n) is 2.47. The third-order valence-electron chi connectivity index (χ3n) is 4.12. The van der Waals surface area contributed by atoms with Crippen molar-refractivity contribution in [2.75, 3.05) is 12.9 Å². The summed E-state index contributed by atoms with van der Waals surface area (Å²) in [7, 11) is -3.48. The van der Waals surface area contributed by atoms with Crippen LogP contribution in [0.15, 0.2) is 0 Å². The third-order valence-corrected chi connectivity index (χ3v) is 4.68. The molecule has 0 saturated heterocycles. The molecule has 0 bridgehead atoms. The molecule has 1 atom stereocenters. The van der Waals surface area contributed by atoms with Gasteiger partial charge in [0.05, 0.1) is 18.9 Å². The molecule has 0 aromatic rings. The van der Waals surface area contributed by atoms with Crippen molar-refractivity contribution in [3.05, 3.63) is 0 Å².